The van der Waals surface area contributed by atoms with E-state index in [0.29, 0.717) is 0 Å². The molecule has 0 aromatic heterocycles. The summed E-state index contributed by atoms with van der Waals surface area (Å²) in [5.74, 6) is 1.95. The normalized spacial score (nSPS) is 23.7. The van der Waals surface area contributed by atoms with E-state index in [1.165, 1.54) is 90.1 Å². The molecule has 0 radical (unpaired) electrons. The Hall–Kier alpha value is -0.0400. The van der Waals surface area contributed by atoms with Gasteiger partial charge in [0.2, 0.25) is 0 Å². The van der Waals surface area contributed by atoms with Crippen LogP contribution in [0.4, 0.5) is 0 Å². The van der Waals surface area contributed by atoms with Gasteiger partial charge in [-0.1, -0.05) is 71.6 Å². The van der Waals surface area contributed by atoms with Crippen molar-refractivity contribution >= 4 is 0 Å². The van der Waals surface area contributed by atoms with Crippen LogP contribution in [0.2, 0.25) is 0 Å². The highest BCUT2D eigenvalue weighted by Crippen LogP contribution is 2.27. The van der Waals surface area contributed by atoms with Gasteiger partial charge in [0.1, 0.15) is 0 Å². The molecule has 0 amide bonds. The molecule has 1 rings (SSSR count). The third-order valence-corrected chi connectivity index (χ3v) is 4.69. The lowest BCUT2D eigenvalue weighted by molar-refractivity contribution is 0.274. The van der Waals surface area contributed by atoms with E-state index in [-0.39, 0.29) is 0 Å². The molecule has 0 saturated heterocycles. The Labute approximate surface area is 121 Å². The molecule has 2 unspecified atom stereocenters. The van der Waals surface area contributed by atoms with Crippen LogP contribution in [0.3, 0.4) is 0 Å². The minimum absolute atomic E-state index is 0.970. The molecule has 1 aliphatic rings. The summed E-state index contributed by atoms with van der Waals surface area (Å²) in [5.41, 5.74) is 0. The van der Waals surface area contributed by atoms with E-state index >= 15 is 0 Å². The van der Waals surface area contributed by atoms with Gasteiger partial charge in [-0.3, -0.25) is 0 Å². The number of nitrogens with one attached hydrogen (secondary N) is 1. The molecule has 1 nitrogen and oxygen atoms in total. The molecule has 0 spiro atoms. The number of unbranched alkanes of at least 4 members (excludes halogenated alkanes) is 7. The van der Waals surface area contributed by atoms with Crippen molar-refractivity contribution in [3.63, 3.8) is 0 Å². The zero-order valence-electron chi connectivity index (χ0n) is 13.6. The van der Waals surface area contributed by atoms with Crippen LogP contribution in [0.1, 0.15) is 90.9 Å². The molecular weight excluding hydrogens is 230 g/mol. The van der Waals surface area contributed by atoms with Gasteiger partial charge in [-0.2, -0.15) is 0 Å². The molecule has 1 N–H and O–H groups in total. The highest BCUT2D eigenvalue weighted by Gasteiger charge is 2.17. The summed E-state index contributed by atoms with van der Waals surface area (Å²) in [6.45, 7) is 7.24. The second-order valence-electron chi connectivity index (χ2n) is 6.82. The summed E-state index contributed by atoms with van der Waals surface area (Å²) in [7, 11) is 0. The fourth-order valence-corrected chi connectivity index (χ4v) is 3.44. The maximum absolute atomic E-state index is 3.69. The summed E-state index contributed by atoms with van der Waals surface area (Å²) in [6.07, 6.45) is 17.3. The van der Waals surface area contributed by atoms with Crippen LogP contribution < -0.4 is 5.32 Å². The van der Waals surface area contributed by atoms with Gasteiger partial charge in [0.05, 0.1) is 0 Å². The lowest BCUT2D eigenvalue weighted by Crippen LogP contribution is -2.27. The van der Waals surface area contributed by atoms with Crippen molar-refractivity contribution in [3.8, 4) is 0 Å². The Kier molecular flexibility index (Phi) is 10.5. The first-order valence-electron chi connectivity index (χ1n) is 9.03. The quantitative estimate of drug-likeness (QED) is 0.484. The summed E-state index contributed by atoms with van der Waals surface area (Å²) in [6, 6.07) is 0. The van der Waals surface area contributed by atoms with Crippen LogP contribution in [-0.2, 0) is 0 Å². The monoisotopic (exact) mass is 267 g/mol. The van der Waals surface area contributed by atoms with Crippen molar-refractivity contribution in [1.29, 1.82) is 0 Å². The van der Waals surface area contributed by atoms with E-state index in [4.69, 9.17) is 0 Å². The maximum Gasteiger partial charge on any atom is -0.00204 e. The van der Waals surface area contributed by atoms with E-state index in [1.807, 2.05) is 0 Å². The van der Waals surface area contributed by atoms with Crippen molar-refractivity contribution in [2.75, 3.05) is 13.1 Å². The zero-order valence-corrected chi connectivity index (χ0v) is 13.6. The molecule has 0 aromatic carbocycles. The third-order valence-electron chi connectivity index (χ3n) is 4.69. The Morgan fingerprint density at radius 2 is 1.58 bits per heavy atom. The molecule has 1 saturated carbocycles. The molecule has 19 heavy (non-hydrogen) atoms. The highest BCUT2D eigenvalue weighted by molar-refractivity contribution is 4.72. The second kappa shape index (κ2) is 11.8. The number of rotatable bonds is 11. The number of hydrogen-bond donors (Lipinski definition) is 1. The van der Waals surface area contributed by atoms with E-state index in [1.54, 1.807) is 0 Å². The Morgan fingerprint density at radius 1 is 0.895 bits per heavy atom. The van der Waals surface area contributed by atoms with Crippen LogP contribution in [0.5, 0.6) is 0 Å². The Balaban J connectivity index is 1.78. The summed E-state index contributed by atoms with van der Waals surface area (Å²) >= 11 is 0. The third kappa shape index (κ3) is 9.49. The SMILES string of the molecule is CCCCCCCCCCNCC1CCCC(C)C1. The first kappa shape index (κ1) is 17.0. The van der Waals surface area contributed by atoms with E-state index < -0.39 is 0 Å². The standard InChI is InChI=1S/C18H37N/c1-3-4-5-6-7-8-9-10-14-19-16-18-13-11-12-17(2)15-18/h17-19H,3-16H2,1-2H3. The molecule has 0 aromatic rings. The van der Waals surface area contributed by atoms with Gasteiger partial charge in [0, 0.05) is 0 Å². The average Bonchev–Trinajstić information content (AvgIpc) is 2.41. The molecule has 114 valence electrons. The van der Waals surface area contributed by atoms with E-state index in [9.17, 15) is 0 Å². The van der Waals surface area contributed by atoms with Gasteiger partial charge in [-0.25, -0.2) is 0 Å². The first-order valence-corrected chi connectivity index (χ1v) is 9.03. The van der Waals surface area contributed by atoms with Crippen LogP contribution in [0.25, 0.3) is 0 Å². The predicted molar refractivity (Wildman–Crippen MR) is 86.6 cm³/mol. The second-order valence-corrected chi connectivity index (χ2v) is 6.82. The van der Waals surface area contributed by atoms with Crippen molar-refractivity contribution in [3.05, 3.63) is 0 Å². The van der Waals surface area contributed by atoms with Gasteiger partial charge >= 0.3 is 0 Å². The van der Waals surface area contributed by atoms with Crippen molar-refractivity contribution in [2.45, 2.75) is 90.9 Å². The molecule has 0 aliphatic heterocycles. The zero-order chi connectivity index (χ0) is 13.8. The van der Waals surface area contributed by atoms with E-state index in [0.717, 1.165) is 11.8 Å². The highest BCUT2D eigenvalue weighted by atomic mass is 14.9. The van der Waals surface area contributed by atoms with Crippen LogP contribution >= 0.6 is 0 Å². The minimum atomic E-state index is 0.970. The van der Waals surface area contributed by atoms with Crippen LogP contribution in [0, 0.1) is 11.8 Å². The predicted octanol–water partition coefficient (Wildman–Crippen LogP) is 5.54. The van der Waals surface area contributed by atoms with Crippen molar-refractivity contribution < 1.29 is 0 Å². The summed E-state index contributed by atoms with van der Waals surface area (Å²) < 4.78 is 0. The molecule has 1 heteroatoms. The van der Waals surface area contributed by atoms with Gasteiger partial charge in [-0.15, -0.1) is 0 Å². The molecular formula is C18H37N. The topological polar surface area (TPSA) is 12.0 Å². The fourth-order valence-electron chi connectivity index (χ4n) is 3.44. The first-order chi connectivity index (χ1) is 9.33. The Morgan fingerprint density at radius 3 is 2.26 bits per heavy atom. The van der Waals surface area contributed by atoms with Crippen LogP contribution in [0.15, 0.2) is 0 Å². The van der Waals surface area contributed by atoms with Crippen molar-refractivity contribution in [1.82, 2.24) is 5.32 Å². The lowest BCUT2D eigenvalue weighted by atomic mass is 9.82. The summed E-state index contributed by atoms with van der Waals surface area (Å²) in [5, 5.41) is 3.69. The van der Waals surface area contributed by atoms with Gasteiger partial charge in [0.15, 0.2) is 0 Å². The molecule has 0 heterocycles. The Bertz CT molecular complexity index is 190. The van der Waals surface area contributed by atoms with Gasteiger partial charge in [0.25, 0.3) is 0 Å². The molecule has 2 atom stereocenters. The largest absolute Gasteiger partial charge is 0.316 e. The van der Waals surface area contributed by atoms with Gasteiger partial charge < -0.3 is 5.32 Å². The smallest absolute Gasteiger partial charge is 0.00204 e. The fraction of sp³-hybridized carbons (Fsp3) is 1.00. The van der Waals surface area contributed by atoms with E-state index in [2.05, 4.69) is 19.2 Å². The molecule has 1 fully saturated rings. The lowest BCUT2D eigenvalue weighted by Gasteiger charge is -2.26. The van der Waals surface area contributed by atoms with Crippen LogP contribution in [-0.4, -0.2) is 13.1 Å². The molecule has 0 bridgehead atoms. The van der Waals surface area contributed by atoms with Crippen molar-refractivity contribution in [2.24, 2.45) is 11.8 Å². The minimum Gasteiger partial charge on any atom is -0.316 e. The molecule has 1 aliphatic carbocycles. The maximum atomic E-state index is 3.69. The van der Waals surface area contributed by atoms with Gasteiger partial charge in [-0.05, 0) is 44.2 Å². The average molecular weight is 268 g/mol. The summed E-state index contributed by atoms with van der Waals surface area (Å²) in [4.78, 5) is 0. The number of hydrogen-bond acceptors (Lipinski definition) is 1.